The van der Waals surface area contributed by atoms with E-state index in [1.165, 1.54) is 12.1 Å². The number of fused-ring (bicyclic) bond motifs is 1. The summed E-state index contributed by atoms with van der Waals surface area (Å²) in [5.41, 5.74) is 2.57. The average molecular weight is 426 g/mol. The summed E-state index contributed by atoms with van der Waals surface area (Å²) in [6.45, 7) is 5.64. The van der Waals surface area contributed by atoms with Crippen molar-refractivity contribution in [2.45, 2.75) is 51.5 Å². The molecule has 0 spiro atoms. The molecular formula is C25H32ClN3O. The van der Waals surface area contributed by atoms with Crippen LogP contribution >= 0.6 is 0 Å². The molecule has 1 saturated heterocycles. The number of benzene rings is 2. The Labute approximate surface area is 185 Å². The van der Waals surface area contributed by atoms with Crippen LogP contribution in [-0.4, -0.2) is 29.4 Å². The standard InChI is InChI=1S/C25H31N3O.ClH/c1-2-9-24-22-13-6-7-14-23(22)25(29)28(26-24)21-12-8-17-27(19-16-21)18-15-20-10-4-3-5-11-20;/h3-7,10-11,13-14,21H,2,8-9,12,15-19H2,1H3;1H. The predicted octanol–water partition coefficient (Wildman–Crippen LogP) is 0.206. The van der Waals surface area contributed by atoms with Gasteiger partial charge in [-0.25, -0.2) is 4.68 Å². The lowest BCUT2D eigenvalue weighted by molar-refractivity contribution is -0.899. The van der Waals surface area contributed by atoms with E-state index in [4.69, 9.17) is 5.10 Å². The normalized spacial score (nSPS) is 19.2. The first-order chi connectivity index (χ1) is 14.3. The summed E-state index contributed by atoms with van der Waals surface area (Å²) in [7, 11) is 0. The molecule has 4 rings (SSSR count). The van der Waals surface area contributed by atoms with Gasteiger partial charge in [0.15, 0.2) is 0 Å². The molecule has 1 fully saturated rings. The van der Waals surface area contributed by atoms with Gasteiger partial charge in [0, 0.05) is 18.2 Å². The molecule has 2 aromatic carbocycles. The molecule has 1 N–H and O–H groups in total. The highest BCUT2D eigenvalue weighted by molar-refractivity contribution is 5.83. The summed E-state index contributed by atoms with van der Waals surface area (Å²) in [6, 6.07) is 18.9. The quantitative estimate of drug-likeness (QED) is 0.613. The Morgan fingerprint density at radius 1 is 0.967 bits per heavy atom. The van der Waals surface area contributed by atoms with Crippen LogP contribution in [0, 0.1) is 0 Å². The fraction of sp³-hybridized carbons (Fsp3) is 0.440. The zero-order valence-corrected chi connectivity index (χ0v) is 18.6. The fourth-order valence-electron chi connectivity index (χ4n) is 4.63. The van der Waals surface area contributed by atoms with Gasteiger partial charge >= 0.3 is 0 Å². The van der Waals surface area contributed by atoms with Gasteiger partial charge in [-0.3, -0.25) is 4.79 Å². The molecule has 30 heavy (non-hydrogen) atoms. The fourth-order valence-corrected chi connectivity index (χ4v) is 4.63. The zero-order chi connectivity index (χ0) is 20.1. The van der Waals surface area contributed by atoms with E-state index in [2.05, 4.69) is 37.3 Å². The third-order valence-corrected chi connectivity index (χ3v) is 6.25. The van der Waals surface area contributed by atoms with Gasteiger partial charge in [0.1, 0.15) is 0 Å². The lowest BCUT2D eigenvalue weighted by Crippen LogP contribution is -3.12. The van der Waals surface area contributed by atoms with Gasteiger partial charge in [-0.2, -0.15) is 5.10 Å². The van der Waals surface area contributed by atoms with Crippen molar-refractivity contribution in [1.82, 2.24) is 9.78 Å². The highest BCUT2D eigenvalue weighted by Gasteiger charge is 2.23. The second kappa shape index (κ2) is 10.7. The minimum atomic E-state index is 0. The number of hydrogen-bond acceptors (Lipinski definition) is 2. The van der Waals surface area contributed by atoms with Gasteiger partial charge in [-0.05, 0) is 30.9 Å². The van der Waals surface area contributed by atoms with E-state index in [0.29, 0.717) is 0 Å². The molecule has 4 nitrogen and oxygen atoms in total. The van der Waals surface area contributed by atoms with Crippen LogP contribution in [0.3, 0.4) is 0 Å². The number of aromatic nitrogens is 2. The topological polar surface area (TPSA) is 39.3 Å². The number of hydrogen-bond donors (Lipinski definition) is 1. The van der Waals surface area contributed by atoms with Crippen LogP contribution in [0.25, 0.3) is 10.8 Å². The number of halogens is 1. The van der Waals surface area contributed by atoms with E-state index in [0.717, 1.165) is 68.1 Å². The summed E-state index contributed by atoms with van der Waals surface area (Å²) >= 11 is 0. The van der Waals surface area contributed by atoms with Crippen LogP contribution in [-0.2, 0) is 12.8 Å². The van der Waals surface area contributed by atoms with E-state index in [1.54, 1.807) is 4.90 Å². The van der Waals surface area contributed by atoms with Crippen molar-refractivity contribution >= 4 is 10.8 Å². The maximum absolute atomic E-state index is 13.2. The summed E-state index contributed by atoms with van der Waals surface area (Å²) in [6.07, 6.45) is 6.31. The predicted molar refractivity (Wildman–Crippen MR) is 119 cm³/mol. The van der Waals surface area contributed by atoms with Crippen molar-refractivity contribution in [3.05, 3.63) is 76.2 Å². The van der Waals surface area contributed by atoms with Gasteiger partial charge in [-0.15, -0.1) is 0 Å². The third kappa shape index (κ3) is 5.11. The molecule has 1 aromatic heterocycles. The SMILES string of the molecule is CCCc1nn(C2CCC[NH+](CCc3ccccc3)CC2)c(=O)c2ccccc12.[Cl-]. The first-order valence-electron chi connectivity index (χ1n) is 11.1. The van der Waals surface area contributed by atoms with Crippen LogP contribution in [0.5, 0.6) is 0 Å². The molecule has 0 amide bonds. The molecule has 1 aliphatic heterocycles. The van der Waals surface area contributed by atoms with E-state index < -0.39 is 0 Å². The van der Waals surface area contributed by atoms with Gasteiger partial charge in [0.25, 0.3) is 5.56 Å². The van der Waals surface area contributed by atoms with Crippen LogP contribution in [0.15, 0.2) is 59.4 Å². The Morgan fingerprint density at radius 3 is 2.47 bits per heavy atom. The molecule has 160 valence electrons. The molecule has 0 aliphatic carbocycles. The van der Waals surface area contributed by atoms with Crippen molar-refractivity contribution in [3.8, 4) is 0 Å². The molecule has 2 heterocycles. The van der Waals surface area contributed by atoms with Crippen LogP contribution in [0.1, 0.15) is 49.9 Å². The van der Waals surface area contributed by atoms with Crippen molar-refractivity contribution in [1.29, 1.82) is 0 Å². The second-order valence-electron chi connectivity index (χ2n) is 8.31. The molecule has 0 saturated carbocycles. The summed E-state index contributed by atoms with van der Waals surface area (Å²) < 4.78 is 1.83. The Balaban J connectivity index is 0.00000256. The molecule has 2 unspecified atom stereocenters. The van der Waals surface area contributed by atoms with Gasteiger partial charge < -0.3 is 17.3 Å². The lowest BCUT2D eigenvalue weighted by Gasteiger charge is -2.19. The largest absolute Gasteiger partial charge is 1.00 e. The number of nitrogens with one attached hydrogen (secondary N) is 1. The molecule has 0 radical (unpaired) electrons. The highest BCUT2D eigenvalue weighted by Crippen LogP contribution is 2.20. The van der Waals surface area contributed by atoms with E-state index >= 15 is 0 Å². The van der Waals surface area contributed by atoms with Gasteiger partial charge in [0.2, 0.25) is 0 Å². The number of likely N-dealkylation sites (tertiary alicyclic amines) is 1. The minimum Gasteiger partial charge on any atom is -1.00 e. The number of quaternary nitrogens is 1. The van der Waals surface area contributed by atoms with Gasteiger partial charge in [0.05, 0.1) is 36.8 Å². The Bertz CT molecular complexity index is 1000. The van der Waals surface area contributed by atoms with Crippen molar-refractivity contribution in [2.24, 2.45) is 0 Å². The molecule has 3 aromatic rings. The maximum atomic E-state index is 13.2. The van der Waals surface area contributed by atoms with Crippen LogP contribution < -0.4 is 22.9 Å². The lowest BCUT2D eigenvalue weighted by atomic mass is 10.1. The van der Waals surface area contributed by atoms with Crippen LogP contribution in [0.2, 0.25) is 0 Å². The molecule has 0 bridgehead atoms. The zero-order valence-electron chi connectivity index (χ0n) is 17.8. The smallest absolute Gasteiger partial charge is 0.274 e. The summed E-state index contributed by atoms with van der Waals surface area (Å²) in [5.74, 6) is 0. The first kappa shape index (κ1) is 22.5. The van der Waals surface area contributed by atoms with Crippen molar-refractivity contribution in [3.63, 3.8) is 0 Å². The first-order valence-corrected chi connectivity index (χ1v) is 11.1. The number of aryl methyl sites for hydroxylation is 1. The third-order valence-electron chi connectivity index (χ3n) is 6.25. The second-order valence-corrected chi connectivity index (χ2v) is 8.31. The Hall–Kier alpha value is -2.17. The van der Waals surface area contributed by atoms with E-state index in [9.17, 15) is 4.79 Å². The van der Waals surface area contributed by atoms with E-state index in [1.807, 2.05) is 28.9 Å². The molecule has 5 heteroatoms. The average Bonchev–Trinajstić information content (AvgIpc) is 3.01. The molecule has 2 atom stereocenters. The van der Waals surface area contributed by atoms with E-state index in [-0.39, 0.29) is 24.0 Å². The summed E-state index contributed by atoms with van der Waals surface area (Å²) in [5, 5.41) is 6.72. The van der Waals surface area contributed by atoms with Crippen LogP contribution in [0.4, 0.5) is 0 Å². The van der Waals surface area contributed by atoms with Gasteiger partial charge in [-0.1, -0.05) is 61.9 Å². The molecule has 1 aliphatic rings. The molecular weight excluding hydrogens is 394 g/mol. The van der Waals surface area contributed by atoms with Crippen molar-refractivity contribution in [2.75, 3.05) is 19.6 Å². The minimum absolute atomic E-state index is 0. The van der Waals surface area contributed by atoms with Crippen molar-refractivity contribution < 1.29 is 17.3 Å². The highest BCUT2D eigenvalue weighted by atomic mass is 35.5. The Kier molecular flexibility index (Phi) is 8.06. The Morgan fingerprint density at radius 2 is 1.70 bits per heavy atom. The number of nitrogens with zero attached hydrogens (tertiary/aromatic N) is 2. The maximum Gasteiger partial charge on any atom is 0.274 e. The number of rotatable bonds is 6. The monoisotopic (exact) mass is 425 g/mol. The summed E-state index contributed by atoms with van der Waals surface area (Å²) in [4.78, 5) is 14.8.